The van der Waals surface area contributed by atoms with Crippen LogP contribution in [0.4, 0.5) is 0 Å². The standard InChI is InChI=1S/C10H16N2OS/c1-7(8(2)13)12(4)5-10-6-14-9(3)11-10/h6-7H,5H2,1-4H3. The minimum Gasteiger partial charge on any atom is -0.298 e. The van der Waals surface area contributed by atoms with Gasteiger partial charge >= 0.3 is 0 Å². The Hall–Kier alpha value is -0.740. The molecular formula is C10H16N2OS. The monoisotopic (exact) mass is 212 g/mol. The van der Waals surface area contributed by atoms with Crippen LogP contribution < -0.4 is 0 Å². The number of aromatic nitrogens is 1. The quantitative estimate of drug-likeness (QED) is 0.764. The molecule has 0 saturated heterocycles. The minimum atomic E-state index is -0.0305. The highest BCUT2D eigenvalue weighted by Gasteiger charge is 2.14. The van der Waals surface area contributed by atoms with E-state index in [1.165, 1.54) is 0 Å². The van der Waals surface area contributed by atoms with Gasteiger partial charge in [0.2, 0.25) is 0 Å². The van der Waals surface area contributed by atoms with Crippen molar-refractivity contribution < 1.29 is 4.79 Å². The predicted molar refractivity (Wildman–Crippen MR) is 58.5 cm³/mol. The molecule has 0 spiro atoms. The molecule has 0 radical (unpaired) electrons. The molecule has 0 bridgehead atoms. The summed E-state index contributed by atoms with van der Waals surface area (Å²) in [5.74, 6) is 0.194. The van der Waals surface area contributed by atoms with Gasteiger partial charge in [0.15, 0.2) is 0 Å². The van der Waals surface area contributed by atoms with Gasteiger partial charge in [0.25, 0.3) is 0 Å². The summed E-state index contributed by atoms with van der Waals surface area (Å²) in [5, 5.41) is 3.11. The lowest BCUT2D eigenvalue weighted by Crippen LogP contribution is -2.34. The third-order valence-corrected chi connectivity index (χ3v) is 3.15. The maximum absolute atomic E-state index is 11.1. The molecule has 0 fully saturated rings. The normalized spacial score (nSPS) is 13.2. The minimum absolute atomic E-state index is 0.0305. The summed E-state index contributed by atoms with van der Waals surface area (Å²) >= 11 is 1.64. The number of aryl methyl sites for hydroxylation is 1. The third kappa shape index (κ3) is 2.89. The van der Waals surface area contributed by atoms with Crippen LogP contribution >= 0.6 is 11.3 Å². The number of thiazole rings is 1. The third-order valence-electron chi connectivity index (χ3n) is 2.33. The van der Waals surface area contributed by atoms with Crippen LogP contribution in [0.1, 0.15) is 24.5 Å². The van der Waals surface area contributed by atoms with Gasteiger partial charge in [-0.2, -0.15) is 0 Å². The molecular weight excluding hydrogens is 196 g/mol. The molecule has 4 heteroatoms. The van der Waals surface area contributed by atoms with Crippen LogP contribution in [0.5, 0.6) is 0 Å². The first-order chi connectivity index (χ1) is 6.50. The summed E-state index contributed by atoms with van der Waals surface area (Å²) < 4.78 is 0. The molecule has 1 aromatic heterocycles. The number of carbonyl (C=O) groups is 1. The van der Waals surface area contributed by atoms with Crippen molar-refractivity contribution >= 4 is 17.1 Å². The molecule has 1 rings (SSSR count). The molecule has 0 amide bonds. The molecule has 0 aliphatic heterocycles. The van der Waals surface area contributed by atoms with Crippen molar-refractivity contribution in [3.05, 3.63) is 16.1 Å². The first-order valence-electron chi connectivity index (χ1n) is 4.62. The van der Waals surface area contributed by atoms with Crippen molar-refractivity contribution in [2.24, 2.45) is 0 Å². The van der Waals surface area contributed by atoms with Gasteiger partial charge in [0.1, 0.15) is 5.78 Å². The molecule has 1 unspecified atom stereocenters. The Morgan fingerprint density at radius 3 is 2.79 bits per heavy atom. The van der Waals surface area contributed by atoms with Gasteiger partial charge in [-0.05, 0) is 27.8 Å². The molecule has 0 N–H and O–H groups in total. The van der Waals surface area contributed by atoms with E-state index >= 15 is 0 Å². The number of likely N-dealkylation sites (N-methyl/N-ethyl adjacent to an activating group) is 1. The van der Waals surface area contributed by atoms with Gasteiger partial charge in [-0.3, -0.25) is 9.69 Å². The second kappa shape index (κ2) is 4.66. The summed E-state index contributed by atoms with van der Waals surface area (Å²) in [7, 11) is 1.95. The van der Waals surface area contributed by atoms with E-state index in [4.69, 9.17) is 0 Å². The molecule has 0 aromatic carbocycles. The van der Waals surface area contributed by atoms with E-state index in [1.54, 1.807) is 18.3 Å². The molecule has 14 heavy (non-hydrogen) atoms. The van der Waals surface area contributed by atoms with Crippen LogP contribution in [0, 0.1) is 6.92 Å². The lowest BCUT2D eigenvalue weighted by atomic mass is 10.2. The summed E-state index contributed by atoms with van der Waals surface area (Å²) in [5.41, 5.74) is 1.04. The topological polar surface area (TPSA) is 33.2 Å². The van der Waals surface area contributed by atoms with E-state index < -0.39 is 0 Å². The Labute approximate surface area is 88.8 Å². The van der Waals surface area contributed by atoms with E-state index in [9.17, 15) is 4.79 Å². The van der Waals surface area contributed by atoms with E-state index in [-0.39, 0.29) is 11.8 Å². The van der Waals surface area contributed by atoms with E-state index in [0.29, 0.717) is 0 Å². The van der Waals surface area contributed by atoms with Crippen molar-refractivity contribution in [1.29, 1.82) is 0 Å². The summed E-state index contributed by atoms with van der Waals surface area (Å²) in [6, 6.07) is -0.0305. The SMILES string of the molecule is CC(=O)C(C)N(C)Cc1csc(C)n1. The molecule has 1 aromatic rings. The smallest absolute Gasteiger partial charge is 0.146 e. The predicted octanol–water partition coefficient (Wildman–Crippen LogP) is 1.86. The highest BCUT2D eigenvalue weighted by Crippen LogP contribution is 2.11. The van der Waals surface area contributed by atoms with Crippen LogP contribution in [0.3, 0.4) is 0 Å². The Bertz CT molecular complexity index is 322. The van der Waals surface area contributed by atoms with Gasteiger partial charge in [0.05, 0.1) is 16.7 Å². The largest absolute Gasteiger partial charge is 0.298 e. The van der Waals surface area contributed by atoms with Crippen molar-refractivity contribution in [3.63, 3.8) is 0 Å². The first kappa shape index (κ1) is 11.3. The van der Waals surface area contributed by atoms with Gasteiger partial charge in [-0.1, -0.05) is 0 Å². The van der Waals surface area contributed by atoms with Gasteiger partial charge in [0, 0.05) is 11.9 Å². The Morgan fingerprint density at radius 2 is 2.36 bits per heavy atom. The summed E-state index contributed by atoms with van der Waals surface area (Å²) in [6.45, 7) is 6.27. The molecule has 1 atom stereocenters. The van der Waals surface area contributed by atoms with Gasteiger partial charge < -0.3 is 0 Å². The van der Waals surface area contributed by atoms with E-state index in [1.807, 2.05) is 31.2 Å². The van der Waals surface area contributed by atoms with E-state index in [2.05, 4.69) is 4.98 Å². The molecule has 0 saturated carbocycles. The second-order valence-electron chi connectivity index (χ2n) is 3.56. The average molecular weight is 212 g/mol. The number of ketones is 1. The van der Waals surface area contributed by atoms with Crippen molar-refractivity contribution in [1.82, 2.24) is 9.88 Å². The number of carbonyl (C=O) groups excluding carboxylic acids is 1. The highest BCUT2D eigenvalue weighted by atomic mass is 32.1. The lowest BCUT2D eigenvalue weighted by molar-refractivity contribution is -0.121. The average Bonchev–Trinajstić information content (AvgIpc) is 2.49. The maximum atomic E-state index is 11.1. The van der Waals surface area contributed by atoms with Crippen LogP contribution in [0.15, 0.2) is 5.38 Å². The maximum Gasteiger partial charge on any atom is 0.146 e. The van der Waals surface area contributed by atoms with Crippen molar-refractivity contribution in [2.45, 2.75) is 33.4 Å². The first-order valence-corrected chi connectivity index (χ1v) is 5.50. The summed E-state index contributed by atoms with van der Waals surface area (Å²) in [6.07, 6.45) is 0. The second-order valence-corrected chi connectivity index (χ2v) is 4.62. The number of hydrogen-bond acceptors (Lipinski definition) is 4. The van der Waals surface area contributed by atoms with Crippen LogP contribution in [-0.2, 0) is 11.3 Å². The highest BCUT2D eigenvalue weighted by molar-refractivity contribution is 7.09. The number of rotatable bonds is 4. The van der Waals surface area contributed by atoms with Crippen LogP contribution in [-0.4, -0.2) is 28.8 Å². The molecule has 3 nitrogen and oxygen atoms in total. The lowest BCUT2D eigenvalue weighted by Gasteiger charge is -2.20. The number of hydrogen-bond donors (Lipinski definition) is 0. The molecule has 0 aliphatic carbocycles. The van der Waals surface area contributed by atoms with Crippen molar-refractivity contribution in [3.8, 4) is 0 Å². The Kier molecular flexibility index (Phi) is 3.77. The van der Waals surface area contributed by atoms with Gasteiger partial charge in [-0.25, -0.2) is 4.98 Å². The molecule has 0 aliphatic rings. The summed E-state index contributed by atoms with van der Waals surface area (Å²) in [4.78, 5) is 17.5. The van der Waals surface area contributed by atoms with Crippen LogP contribution in [0.2, 0.25) is 0 Å². The number of Topliss-reactive ketones (excluding diaryl/α,β-unsaturated/α-hetero) is 1. The molecule has 78 valence electrons. The molecule has 1 heterocycles. The van der Waals surface area contributed by atoms with Crippen molar-refractivity contribution in [2.75, 3.05) is 7.05 Å². The van der Waals surface area contributed by atoms with E-state index in [0.717, 1.165) is 17.2 Å². The fourth-order valence-electron chi connectivity index (χ4n) is 1.18. The zero-order valence-electron chi connectivity index (χ0n) is 9.07. The van der Waals surface area contributed by atoms with Crippen LogP contribution in [0.25, 0.3) is 0 Å². The van der Waals surface area contributed by atoms with Gasteiger partial charge in [-0.15, -0.1) is 11.3 Å². The Balaban J connectivity index is 2.56. The zero-order valence-corrected chi connectivity index (χ0v) is 9.89. The number of nitrogens with zero attached hydrogens (tertiary/aromatic N) is 2. The fourth-order valence-corrected chi connectivity index (χ4v) is 1.79. The zero-order chi connectivity index (χ0) is 10.7. The fraction of sp³-hybridized carbons (Fsp3) is 0.600. The Morgan fingerprint density at radius 1 is 1.71 bits per heavy atom.